The quantitative estimate of drug-likeness (QED) is 0.759. The van der Waals surface area contributed by atoms with Gasteiger partial charge in [0.2, 0.25) is 0 Å². The zero-order valence-electron chi connectivity index (χ0n) is 15.4. The second-order valence-electron chi connectivity index (χ2n) is 6.45. The molecule has 0 spiro atoms. The second-order valence-corrected chi connectivity index (χ2v) is 6.45. The number of carbonyl (C=O) groups is 2. The molecule has 0 aliphatic carbocycles. The van der Waals surface area contributed by atoms with Crippen molar-refractivity contribution >= 4 is 23.2 Å². The Morgan fingerprint density at radius 2 is 1.96 bits per heavy atom. The van der Waals surface area contributed by atoms with Crippen LogP contribution < -0.4 is 15.0 Å². The first-order valence-corrected chi connectivity index (χ1v) is 8.96. The maximum absolute atomic E-state index is 12.7. The van der Waals surface area contributed by atoms with Crippen LogP contribution in [-0.2, 0) is 6.42 Å². The van der Waals surface area contributed by atoms with Crippen molar-refractivity contribution in [2.45, 2.75) is 6.42 Å². The number of anilines is 2. The summed E-state index contributed by atoms with van der Waals surface area (Å²) >= 11 is 0. The Morgan fingerprint density at radius 1 is 1.11 bits per heavy atom. The van der Waals surface area contributed by atoms with Crippen LogP contribution in [0.4, 0.5) is 11.4 Å². The number of methoxy groups -OCH3 is 1. The molecule has 1 aromatic heterocycles. The average molecular weight is 373 g/mol. The molecule has 0 bridgehead atoms. The highest BCUT2D eigenvalue weighted by Gasteiger charge is 2.26. The van der Waals surface area contributed by atoms with Crippen LogP contribution in [0.1, 0.15) is 26.3 Å². The smallest absolute Gasteiger partial charge is 0.259 e. The van der Waals surface area contributed by atoms with E-state index in [0.717, 1.165) is 17.7 Å². The van der Waals surface area contributed by atoms with Gasteiger partial charge in [-0.25, -0.2) is 0 Å². The maximum atomic E-state index is 12.7. The minimum Gasteiger partial charge on any atom is -0.496 e. The Bertz CT molecular complexity index is 1030. The van der Waals surface area contributed by atoms with Gasteiger partial charge in [0.05, 0.1) is 18.2 Å². The van der Waals surface area contributed by atoms with Crippen LogP contribution >= 0.6 is 0 Å². The molecule has 2 aromatic carbocycles. The van der Waals surface area contributed by atoms with Gasteiger partial charge in [0.15, 0.2) is 0 Å². The van der Waals surface area contributed by atoms with E-state index in [-0.39, 0.29) is 11.8 Å². The topological polar surface area (TPSA) is 71.5 Å². The number of para-hydroxylation sites is 1. The fraction of sp³-hybridized carbons (Fsp3) is 0.136. The summed E-state index contributed by atoms with van der Waals surface area (Å²) < 4.78 is 5.25. The predicted octanol–water partition coefficient (Wildman–Crippen LogP) is 3.55. The molecule has 6 nitrogen and oxygen atoms in total. The molecule has 2 amide bonds. The van der Waals surface area contributed by atoms with Gasteiger partial charge >= 0.3 is 0 Å². The Hall–Kier alpha value is -3.67. The molecule has 0 saturated carbocycles. The minimum atomic E-state index is -0.237. The first kappa shape index (κ1) is 17.7. The van der Waals surface area contributed by atoms with E-state index in [9.17, 15) is 9.59 Å². The van der Waals surface area contributed by atoms with Crippen LogP contribution in [0.2, 0.25) is 0 Å². The number of hydrogen-bond acceptors (Lipinski definition) is 4. The van der Waals surface area contributed by atoms with E-state index >= 15 is 0 Å². The van der Waals surface area contributed by atoms with Gasteiger partial charge in [0, 0.05) is 30.3 Å². The third-order valence-electron chi connectivity index (χ3n) is 4.74. The molecule has 2 heterocycles. The van der Waals surface area contributed by atoms with Crippen LogP contribution in [0.3, 0.4) is 0 Å². The lowest BCUT2D eigenvalue weighted by molar-refractivity contribution is 0.0987. The number of hydrogen-bond donors (Lipinski definition) is 1. The minimum absolute atomic E-state index is 0.0716. The Kier molecular flexibility index (Phi) is 4.76. The zero-order chi connectivity index (χ0) is 19.5. The van der Waals surface area contributed by atoms with Crippen molar-refractivity contribution in [2.24, 2.45) is 0 Å². The van der Waals surface area contributed by atoms with Gasteiger partial charge in [-0.15, -0.1) is 0 Å². The average Bonchev–Trinajstić information content (AvgIpc) is 3.17. The van der Waals surface area contributed by atoms with E-state index in [4.69, 9.17) is 4.74 Å². The molecule has 1 N–H and O–H groups in total. The van der Waals surface area contributed by atoms with Gasteiger partial charge in [-0.1, -0.05) is 12.1 Å². The highest BCUT2D eigenvalue weighted by molar-refractivity contribution is 6.08. The first-order valence-electron chi connectivity index (χ1n) is 8.96. The SMILES string of the molecule is COc1ccccc1C(=O)Nc1ccc2c(c1)CCN2C(=O)c1cccnc1. The fourth-order valence-corrected chi connectivity index (χ4v) is 3.37. The van der Waals surface area contributed by atoms with E-state index in [1.165, 1.54) is 7.11 Å². The number of pyridine rings is 1. The summed E-state index contributed by atoms with van der Waals surface area (Å²) in [7, 11) is 1.54. The van der Waals surface area contributed by atoms with Crippen LogP contribution in [0.15, 0.2) is 67.0 Å². The Morgan fingerprint density at radius 3 is 2.75 bits per heavy atom. The molecule has 0 atom stereocenters. The number of carbonyl (C=O) groups excluding carboxylic acids is 2. The maximum Gasteiger partial charge on any atom is 0.259 e. The third kappa shape index (κ3) is 3.32. The first-order chi connectivity index (χ1) is 13.7. The summed E-state index contributed by atoms with van der Waals surface area (Å²) in [5, 5.41) is 2.91. The summed E-state index contributed by atoms with van der Waals surface area (Å²) in [6.45, 7) is 0.604. The Labute approximate surface area is 162 Å². The number of aromatic nitrogens is 1. The largest absolute Gasteiger partial charge is 0.496 e. The van der Waals surface area contributed by atoms with Crippen LogP contribution in [0.5, 0.6) is 5.75 Å². The molecular weight excluding hydrogens is 354 g/mol. The number of amides is 2. The third-order valence-corrected chi connectivity index (χ3v) is 4.74. The lowest BCUT2D eigenvalue weighted by Crippen LogP contribution is -2.28. The van der Waals surface area contributed by atoms with E-state index < -0.39 is 0 Å². The lowest BCUT2D eigenvalue weighted by Gasteiger charge is -2.17. The van der Waals surface area contributed by atoms with E-state index in [2.05, 4.69) is 10.3 Å². The summed E-state index contributed by atoms with van der Waals surface area (Å²) in [5.41, 5.74) is 3.60. The zero-order valence-corrected chi connectivity index (χ0v) is 15.4. The standard InChI is InChI=1S/C22H19N3O3/c1-28-20-7-3-2-6-18(20)21(26)24-17-8-9-19-15(13-17)10-12-25(19)22(27)16-5-4-11-23-14-16/h2-9,11,13-14H,10,12H2,1H3,(H,24,26). The molecule has 0 radical (unpaired) electrons. The van der Waals surface area contributed by atoms with Crippen molar-refractivity contribution in [2.75, 3.05) is 23.9 Å². The van der Waals surface area contributed by atoms with Gasteiger partial charge < -0.3 is 15.0 Å². The lowest BCUT2D eigenvalue weighted by atomic mass is 10.1. The molecular formula is C22H19N3O3. The number of fused-ring (bicyclic) bond motifs is 1. The monoisotopic (exact) mass is 373 g/mol. The van der Waals surface area contributed by atoms with Crippen molar-refractivity contribution in [1.82, 2.24) is 4.98 Å². The highest BCUT2D eigenvalue weighted by atomic mass is 16.5. The van der Waals surface area contributed by atoms with Crippen molar-refractivity contribution < 1.29 is 14.3 Å². The summed E-state index contributed by atoms with van der Waals surface area (Å²) in [6, 6.07) is 16.2. The van der Waals surface area contributed by atoms with Crippen LogP contribution in [0, 0.1) is 0 Å². The number of ether oxygens (including phenoxy) is 1. The number of rotatable bonds is 4. The normalized spacial score (nSPS) is 12.4. The summed E-state index contributed by atoms with van der Waals surface area (Å²) in [5.74, 6) is 0.214. The number of benzene rings is 2. The molecule has 0 unspecified atom stereocenters. The Balaban J connectivity index is 1.54. The number of nitrogens with zero attached hydrogens (tertiary/aromatic N) is 2. The summed E-state index contributed by atoms with van der Waals surface area (Å²) in [4.78, 5) is 31.1. The van der Waals surface area contributed by atoms with Crippen LogP contribution in [-0.4, -0.2) is 30.5 Å². The fourth-order valence-electron chi connectivity index (χ4n) is 3.37. The molecule has 0 saturated heterocycles. The van der Waals surface area contributed by atoms with Crippen molar-refractivity contribution in [1.29, 1.82) is 0 Å². The number of nitrogens with one attached hydrogen (secondary N) is 1. The van der Waals surface area contributed by atoms with Gasteiger partial charge in [0.1, 0.15) is 5.75 Å². The van der Waals surface area contributed by atoms with E-state index in [1.807, 2.05) is 18.2 Å². The molecule has 6 heteroatoms. The molecule has 140 valence electrons. The predicted molar refractivity (Wildman–Crippen MR) is 107 cm³/mol. The molecule has 3 aromatic rings. The van der Waals surface area contributed by atoms with E-state index in [0.29, 0.717) is 29.1 Å². The van der Waals surface area contributed by atoms with Crippen molar-refractivity contribution in [3.8, 4) is 5.75 Å². The molecule has 4 rings (SSSR count). The van der Waals surface area contributed by atoms with Gasteiger partial charge in [0.25, 0.3) is 11.8 Å². The summed E-state index contributed by atoms with van der Waals surface area (Å²) in [6.07, 6.45) is 3.95. The van der Waals surface area contributed by atoms with Gasteiger partial charge in [-0.05, 0) is 54.4 Å². The molecule has 1 aliphatic rings. The molecule has 1 aliphatic heterocycles. The van der Waals surface area contributed by atoms with Gasteiger partial charge in [-0.2, -0.15) is 0 Å². The van der Waals surface area contributed by atoms with Gasteiger partial charge in [-0.3, -0.25) is 14.6 Å². The van der Waals surface area contributed by atoms with Crippen LogP contribution in [0.25, 0.3) is 0 Å². The second kappa shape index (κ2) is 7.52. The van der Waals surface area contributed by atoms with E-state index in [1.54, 1.807) is 53.7 Å². The van der Waals surface area contributed by atoms with Crippen molar-refractivity contribution in [3.05, 3.63) is 83.7 Å². The van der Waals surface area contributed by atoms with Crippen molar-refractivity contribution in [3.63, 3.8) is 0 Å². The molecule has 28 heavy (non-hydrogen) atoms. The molecule has 0 fully saturated rings. The highest BCUT2D eigenvalue weighted by Crippen LogP contribution is 2.32.